The van der Waals surface area contributed by atoms with Gasteiger partial charge in [0.2, 0.25) is 0 Å². The fraction of sp³-hybridized carbons (Fsp3) is 0.100. The van der Waals surface area contributed by atoms with Crippen LogP contribution in [0.1, 0.15) is 11.4 Å². The van der Waals surface area contributed by atoms with E-state index in [1.54, 1.807) is 6.07 Å². The number of pyridine rings is 1. The Hall–Kier alpha value is -1.00. The minimum Gasteiger partial charge on any atom is -0.506 e. The molecule has 0 spiro atoms. The van der Waals surface area contributed by atoms with E-state index in [0.29, 0.717) is 9.89 Å². The molecule has 2 aromatic heterocycles. The minimum atomic E-state index is 0.180. The molecule has 4 heteroatoms. The lowest BCUT2D eigenvalue weighted by Crippen LogP contribution is -1.98. The molecule has 0 aliphatic heterocycles. The Balaban J connectivity index is 2.93. The molecule has 2 aromatic rings. The second kappa shape index (κ2) is 3.29. The highest BCUT2D eigenvalue weighted by atomic mass is 32.1. The lowest BCUT2D eigenvalue weighted by molar-refractivity contribution is 0.474. The summed E-state index contributed by atoms with van der Waals surface area (Å²) in [7, 11) is 0. The van der Waals surface area contributed by atoms with E-state index < -0.39 is 0 Å². The molecule has 0 saturated carbocycles. The van der Waals surface area contributed by atoms with Gasteiger partial charge in [0.05, 0.1) is 4.20 Å². The highest BCUT2D eigenvalue weighted by Crippen LogP contribution is 2.25. The van der Waals surface area contributed by atoms with Crippen molar-refractivity contribution in [1.29, 1.82) is 0 Å². The molecule has 2 rings (SSSR count). The highest BCUT2D eigenvalue weighted by molar-refractivity contribution is 8.11. The van der Waals surface area contributed by atoms with Gasteiger partial charge in [0.1, 0.15) is 11.4 Å². The van der Waals surface area contributed by atoms with Crippen molar-refractivity contribution in [1.82, 2.24) is 4.40 Å². The van der Waals surface area contributed by atoms with Gasteiger partial charge in [0.25, 0.3) is 0 Å². The fourth-order valence-electron chi connectivity index (χ4n) is 1.58. The standard InChI is InChI=1S/C10H9NOS2/c1-6-3-2-4-7-5-8(12)9(10(13)14)11(6)7/h2-5,12H,1H3,(H,13,14). The van der Waals surface area contributed by atoms with Crippen LogP contribution in [0.4, 0.5) is 0 Å². The van der Waals surface area contributed by atoms with E-state index in [1.165, 1.54) is 0 Å². The van der Waals surface area contributed by atoms with Crippen LogP contribution in [0, 0.1) is 6.92 Å². The monoisotopic (exact) mass is 223 g/mol. The Kier molecular flexibility index (Phi) is 2.25. The van der Waals surface area contributed by atoms with Crippen molar-refractivity contribution in [3.8, 4) is 5.75 Å². The normalized spacial score (nSPS) is 10.7. The number of nitrogens with zero attached hydrogens (tertiary/aromatic N) is 1. The van der Waals surface area contributed by atoms with E-state index >= 15 is 0 Å². The van der Waals surface area contributed by atoms with Crippen LogP contribution in [0.3, 0.4) is 0 Å². The number of aryl methyl sites for hydroxylation is 1. The molecule has 0 radical (unpaired) electrons. The molecule has 0 fully saturated rings. The van der Waals surface area contributed by atoms with E-state index in [1.807, 2.05) is 29.5 Å². The van der Waals surface area contributed by atoms with Gasteiger partial charge < -0.3 is 9.51 Å². The molecule has 1 N–H and O–H groups in total. The number of aromatic hydroxyl groups is 1. The number of aromatic nitrogens is 1. The van der Waals surface area contributed by atoms with Gasteiger partial charge in [-0.15, -0.1) is 12.6 Å². The molecule has 2 heterocycles. The molecule has 0 aromatic carbocycles. The van der Waals surface area contributed by atoms with Gasteiger partial charge in [0.15, 0.2) is 0 Å². The van der Waals surface area contributed by atoms with Crippen LogP contribution in [-0.4, -0.2) is 13.7 Å². The fourth-order valence-corrected chi connectivity index (χ4v) is 2.00. The van der Waals surface area contributed by atoms with Crippen molar-refractivity contribution >= 4 is 34.6 Å². The Morgan fingerprint density at radius 1 is 1.50 bits per heavy atom. The third-order valence-corrected chi connectivity index (χ3v) is 2.57. The Bertz CT molecular complexity index is 516. The second-order valence-electron chi connectivity index (χ2n) is 3.11. The zero-order valence-electron chi connectivity index (χ0n) is 7.56. The first-order valence-corrected chi connectivity index (χ1v) is 5.00. The smallest absolute Gasteiger partial charge is 0.143 e. The van der Waals surface area contributed by atoms with Crippen LogP contribution in [0.2, 0.25) is 0 Å². The van der Waals surface area contributed by atoms with Gasteiger partial charge in [-0.05, 0) is 19.1 Å². The van der Waals surface area contributed by atoms with Gasteiger partial charge in [-0.1, -0.05) is 18.3 Å². The number of hydrogen-bond donors (Lipinski definition) is 2. The molecule has 72 valence electrons. The maximum absolute atomic E-state index is 9.67. The van der Waals surface area contributed by atoms with Gasteiger partial charge in [-0.25, -0.2) is 0 Å². The lowest BCUT2D eigenvalue weighted by atomic mass is 10.3. The number of rotatable bonds is 1. The van der Waals surface area contributed by atoms with Crippen molar-refractivity contribution in [3.63, 3.8) is 0 Å². The second-order valence-corrected chi connectivity index (χ2v) is 4.27. The minimum absolute atomic E-state index is 0.180. The summed E-state index contributed by atoms with van der Waals surface area (Å²) >= 11 is 9.07. The van der Waals surface area contributed by atoms with Crippen LogP contribution in [0.15, 0.2) is 24.3 Å². The van der Waals surface area contributed by atoms with E-state index in [0.717, 1.165) is 11.2 Å². The molecular formula is C10H9NOS2. The number of thiol groups is 1. The Morgan fingerprint density at radius 3 is 2.86 bits per heavy atom. The van der Waals surface area contributed by atoms with Gasteiger partial charge in [0, 0.05) is 17.3 Å². The maximum atomic E-state index is 9.67. The van der Waals surface area contributed by atoms with Gasteiger partial charge in [-0.3, -0.25) is 0 Å². The zero-order chi connectivity index (χ0) is 10.3. The van der Waals surface area contributed by atoms with Crippen molar-refractivity contribution in [2.75, 3.05) is 0 Å². The summed E-state index contributed by atoms with van der Waals surface area (Å²) in [6.45, 7) is 1.96. The van der Waals surface area contributed by atoms with E-state index in [9.17, 15) is 5.11 Å². The lowest BCUT2D eigenvalue weighted by Gasteiger charge is -2.04. The highest BCUT2D eigenvalue weighted by Gasteiger charge is 2.12. The van der Waals surface area contributed by atoms with Crippen molar-refractivity contribution in [3.05, 3.63) is 35.7 Å². The summed E-state index contributed by atoms with van der Waals surface area (Å²) in [6, 6.07) is 7.50. The zero-order valence-corrected chi connectivity index (χ0v) is 9.27. The maximum Gasteiger partial charge on any atom is 0.143 e. The third kappa shape index (κ3) is 1.31. The first-order chi connectivity index (χ1) is 6.61. The van der Waals surface area contributed by atoms with Gasteiger partial charge >= 0.3 is 0 Å². The first kappa shape index (κ1) is 9.55. The number of thiocarbonyl (C=S) groups is 1. The molecular weight excluding hydrogens is 214 g/mol. The number of fused-ring (bicyclic) bond motifs is 1. The molecule has 0 aliphatic rings. The molecule has 0 atom stereocenters. The molecule has 14 heavy (non-hydrogen) atoms. The number of hydrogen-bond acceptors (Lipinski definition) is 2. The molecule has 0 saturated heterocycles. The van der Waals surface area contributed by atoms with E-state index in [2.05, 4.69) is 12.6 Å². The Morgan fingerprint density at radius 2 is 2.21 bits per heavy atom. The summed E-state index contributed by atoms with van der Waals surface area (Å²) in [4.78, 5) is 0. The molecule has 0 aliphatic carbocycles. The van der Waals surface area contributed by atoms with Crippen LogP contribution in [0.5, 0.6) is 5.75 Å². The first-order valence-electron chi connectivity index (χ1n) is 4.14. The average molecular weight is 223 g/mol. The van der Waals surface area contributed by atoms with Crippen molar-refractivity contribution < 1.29 is 5.11 Å². The topological polar surface area (TPSA) is 24.6 Å². The molecule has 2 nitrogen and oxygen atoms in total. The van der Waals surface area contributed by atoms with Crippen molar-refractivity contribution in [2.24, 2.45) is 0 Å². The largest absolute Gasteiger partial charge is 0.506 e. The van der Waals surface area contributed by atoms with Crippen LogP contribution in [-0.2, 0) is 0 Å². The Labute approximate surface area is 92.6 Å². The summed E-state index contributed by atoms with van der Waals surface area (Å²) in [5, 5.41) is 9.67. The van der Waals surface area contributed by atoms with Gasteiger partial charge in [-0.2, -0.15) is 0 Å². The van der Waals surface area contributed by atoms with Crippen molar-refractivity contribution in [2.45, 2.75) is 6.92 Å². The van der Waals surface area contributed by atoms with Crippen LogP contribution >= 0.6 is 24.8 Å². The molecule has 0 unspecified atom stereocenters. The van der Waals surface area contributed by atoms with Crippen LogP contribution < -0.4 is 0 Å². The SMILES string of the molecule is Cc1cccc2cc(O)c(C(=S)S)n12. The third-order valence-electron chi connectivity index (χ3n) is 2.17. The molecule has 0 bridgehead atoms. The molecule has 0 amide bonds. The summed E-state index contributed by atoms with van der Waals surface area (Å²) in [6.07, 6.45) is 0. The predicted octanol–water partition coefficient (Wildman–Crippen LogP) is 2.56. The summed E-state index contributed by atoms with van der Waals surface area (Å²) < 4.78 is 2.29. The summed E-state index contributed by atoms with van der Waals surface area (Å²) in [5.74, 6) is 0.180. The van der Waals surface area contributed by atoms with Crippen LogP contribution in [0.25, 0.3) is 5.52 Å². The average Bonchev–Trinajstić information content (AvgIpc) is 2.42. The predicted molar refractivity (Wildman–Crippen MR) is 64.5 cm³/mol. The summed E-state index contributed by atoms with van der Waals surface area (Å²) in [5.41, 5.74) is 2.54. The quantitative estimate of drug-likeness (QED) is 0.573. The van der Waals surface area contributed by atoms with E-state index in [-0.39, 0.29) is 5.75 Å². The van der Waals surface area contributed by atoms with E-state index in [4.69, 9.17) is 12.2 Å².